The van der Waals surface area contributed by atoms with Crippen LogP contribution >= 0.6 is 0 Å². The lowest BCUT2D eigenvalue weighted by atomic mass is 9.87. The number of halogens is 3. The van der Waals surface area contributed by atoms with Gasteiger partial charge in [-0.25, -0.2) is 0 Å². The number of carbonyl (C=O) groups excluding carboxylic acids is 1. The van der Waals surface area contributed by atoms with Crippen LogP contribution in [-0.4, -0.2) is 35.2 Å². The SMILES string of the molecule is Cc1ccc(C(O)(CC(=O)N2CCC(C)C(C)C2)C(F)(F)F)o1. The number of hydrogen-bond donors (Lipinski definition) is 1. The number of alkyl halides is 3. The van der Waals surface area contributed by atoms with Gasteiger partial charge in [-0.1, -0.05) is 13.8 Å². The van der Waals surface area contributed by atoms with Crippen molar-refractivity contribution in [2.24, 2.45) is 11.8 Å². The predicted molar refractivity (Wildman–Crippen MR) is 77.5 cm³/mol. The van der Waals surface area contributed by atoms with Crippen molar-refractivity contribution >= 4 is 5.91 Å². The second kappa shape index (κ2) is 6.19. The topological polar surface area (TPSA) is 53.7 Å². The molecular formula is C16H22F3NO3. The molecule has 1 aliphatic rings. The Morgan fingerprint density at radius 3 is 2.48 bits per heavy atom. The molecule has 0 bridgehead atoms. The molecular weight excluding hydrogens is 311 g/mol. The number of piperidine rings is 1. The summed E-state index contributed by atoms with van der Waals surface area (Å²) in [4.78, 5) is 13.7. The second-order valence-corrected chi connectivity index (χ2v) is 6.53. The summed E-state index contributed by atoms with van der Waals surface area (Å²) in [5.41, 5.74) is -3.30. The highest BCUT2D eigenvalue weighted by atomic mass is 19.4. The lowest BCUT2D eigenvalue weighted by Crippen LogP contribution is -2.49. The van der Waals surface area contributed by atoms with Crippen LogP contribution in [0, 0.1) is 18.8 Å². The zero-order valence-corrected chi connectivity index (χ0v) is 13.5. The minimum atomic E-state index is -5.00. The number of furan rings is 1. The lowest BCUT2D eigenvalue weighted by Gasteiger charge is -2.37. The quantitative estimate of drug-likeness (QED) is 0.924. The van der Waals surface area contributed by atoms with Crippen LogP contribution in [0.25, 0.3) is 0 Å². The Kier molecular flexibility index (Phi) is 4.80. The van der Waals surface area contributed by atoms with E-state index in [1.807, 2.05) is 6.92 Å². The van der Waals surface area contributed by atoms with Gasteiger partial charge in [-0.05, 0) is 37.3 Å². The fourth-order valence-corrected chi connectivity index (χ4v) is 2.80. The molecule has 0 spiro atoms. The first-order valence-electron chi connectivity index (χ1n) is 7.68. The van der Waals surface area contributed by atoms with Crippen molar-refractivity contribution in [2.75, 3.05) is 13.1 Å². The first-order valence-corrected chi connectivity index (χ1v) is 7.68. The molecule has 7 heteroatoms. The Morgan fingerprint density at radius 1 is 1.35 bits per heavy atom. The van der Waals surface area contributed by atoms with E-state index in [4.69, 9.17) is 4.42 Å². The maximum atomic E-state index is 13.4. The Balaban J connectivity index is 2.20. The van der Waals surface area contributed by atoms with Crippen LogP contribution in [0.3, 0.4) is 0 Å². The maximum Gasteiger partial charge on any atom is 0.425 e. The van der Waals surface area contributed by atoms with Gasteiger partial charge in [-0.3, -0.25) is 4.79 Å². The summed E-state index contributed by atoms with van der Waals surface area (Å²) in [6, 6.07) is 2.40. The number of hydrogen-bond acceptors (Lipinski definition) is 3. The van der Waals surface area contributed by atoms with E-state index < -0.39 is 29.9 Å². The Labute approximate surface area is 133 Å². The van der Waals surface area contributed by atoms with Crippen molar-refractivity contribution in [3.05, 3.63) is 23.7 Å². The standard InChI is InChI=1S/C16H22F3NO3/c1-10-6-7-20(9-11(10)2)14(21)8-15(22,16(17,18)19)13-5-4-12(3)23-13/h4-5,10-11,22H,6-9H2,1-3H3. The fraction of sp³-hybridized carbons (Fsp3) is 0.688. The number of amides is 1. The molecule has 0 aliphatic carbocycles. The molecule has 23 heavy (non-hydrogen) atoms. The molecule has 1 saturated heterocycles. The number of nitrogens with zero attached hydrogens (tertiary/aromatic N) is 1. The first-order chi connectivity index (χ1) is 10.5. The number of likely N-dealkylation sites (tertiary alicyclic amines) is 1. The van der Waals surface area contributed by atoms with Gasteiger partial charge in [0.05, 0.1) is 6.42 Å². The zero-order chi connectivity index (χ0) is 17.4. The third kappa shape index (κ3) is 3.54. The molecule has 2 rings (SSSR count). The van der Waals surface area contributed by atoms with Gasteiger partial charge in [-0.15, -0.1) is 0 Å². The third-order valence-electron chi connectivity index (χ3n) is 4.71. The lowest BCUT2D eigenvalue weighted by molar-refractivity contribution is -0.274. The number of aryl methyl sites for hydroxylation is 1. The molecule has 2 heterocycles. The monoisotopic (exact) mass is 333 g/mol. The summed E-state index contributed by atoms with van der Waals surface area (Å²) >= 11 is 0. The third-order valence-corrected chi connectivity index (χ3v) is 4.71. The van der Waals surface area contributed by atoms with Crippen molar-refractivity contribution < 1.29 is 27.5 Å². The molecule has 0 radical (unpaired) electrons. The van der Waals surface area contributed by atoms with Crippen LogP contribution in [0.4, 0.5) is 13.2 Å². The van der Waals surface area contributed by atoms with Crippen molar-refractivity contribution in [3.63, 3.8) is 0 Å². The molecule has 3 unspecified atom stereocenters. The van der Waals surface area contributed by atoms with E-state index in [9.17, 15) is 23.1 Å². The normalized spacial score (nSPS) is 25.3. The number of rotatable bonds is 3. The molecule has 1 N–H and O–H groups in total. The van der Waals surface area contributed by atoms with Gasteiger partial charge in [0.25, 0.3) is 0 Å². The van der Waals surface area contributed by atoms with Gasteiger partial charge in [0.15, 0.2) is 0 Å². The van der Waals surface area contributed by atoms with E-state index in [1.54, 1.807) is 0 Å². The van der Waals surface area contributed by atoms with Gasteiger partial charge in [0.1, 0.15) is 11.5 Å². The van der Waals surface area contributed by atoms with Gasteiger partial charge in [0, 0.05) is 13.1 Å². The van der Waals surface area contributed by atoms with Crippen molar-refractivity contribution in [1.29, 1.82) is 0 Å². The number of carbonyl (C=O) groups is 1. The average Bonchev–Trinajstić information content (AvgIpc) is 2.87. The van der Waals surface area contributed by atoms with Crippen molar-refractivity contribution in [1.82, 2.24) is 4.90 Å². The Bertz CT molecular complexity index is 569. The highest BCUT2D eigenvalue weighted by Gasteiger charge is 2.58. The van der Waals surface area contributed by atoms with Crippen LogP contribution < -0.4 is 0 Å². The largest absolute Gasteiger partial charge is 0.463 e. The number of aliphatic hydroxyl groups is 1. The molecule has 1 amide bonds. The van der Waals surface area contributed by atoms with Crippen LogP contribution in [0.1, 0.15) is 38.2 Å². The molecule has 1 aromatic heterocycles. The Hall–Kier alpha value is -1.50. The summed E-state index contributed by atoms with van der Waals surface area (Å²) in [7, 11) is 0. The molecule has 1 fully saturated rings. The van der Waals surface area contributed by atoms with Crippen LogP contribution in [0.15, 0.2) is 16.5 Å². The average molecular weight is 333 g/mol. The van der Waals surface area contributed by atoms with Crippen molar-refractivity contribution in [3.8, 4) is 0 Å². The summed E-state index contributed by atoms with van der Waals surface area (Å²) in [5.74, 6) is -0.465. The molecule has 1 aromatic rings. The summed E-state index contributed by atoms with van der Waals surface area (Å²) in [6.07, 6.45) is -5.32. The van der Waals surface area contributed by atoms with E-state index in [0.717, 1.165) is 12.5 Å². The Morgan fingerprint density at radius 2 is 2.00 bits per heavy atom. The molecule has 4 nitrogen and oxygen atoms in total. The van der Waals surface area contributed by atoms with E-state index in [0.29, 0.717) is 19.0 Å². The van der Waals surface area contributed by atoms with Crippen LogP contribution in [-0.2, 0) is 10.4 Å². The van der Waals surface area contributed by atoms with Gasteiger partial charge >= 0.3 is 6.18 Å². The van der Waals surface area contributed by atoms with Crippen molar-refractivity contribution in [2.45, 2.75) is 45.4 Å². The van der Waals surface area contributed by atoms with E-state index >= 15 is 0 Å². The fourth-order valence-electron chi connectivity index (χ4n) is 2.80. The minimum Gasteiger partial charge on any atom is -0.463 e. The van der Waals surface area contributed by atoms with Crippen LogP contribution in [0.2, 0.25) is 0 Å². The smallest absolute Gasteiger partial charge is 0.425 e. The maximum absolute atomic E-state index is 13.4. The van der Waals surface area contributed by atoms with Gasteiger partial charge in [-0.2, -0.15) is 13.2 Å². The second-order valence-electron chi connectivity index (χ2n) is 6.53. The molecule has 0 aromatic carbocycles. The summed E-state index contributed by atoms with van der Waals surface area (Å²) in [5, 5.41) is 10.2. The predicted octanol–water partition coefficient (Wildman–Crippen LogP) is 3.23. The zero-order valence-electron chi connectivity index (χ0n) is 13.5. The van der Waals surface area contributed by atoms with E-state index in [2.05, 4.69) is 6.92 Å². The summed E-state index contributed by atoms with van der Waals surface area (Å²) < 4.78 is 45.1. The highest BCUT2D eigenvalue weighted by molar-refractivity contribution is 5.77. The molecule has 130 valence electrons. The van der Waals surface area contributed by atoms with Crippen LogP contribution in [0.5, 0.6) is 0 Å². The molecule has 3 atom stereocenters. The van der Waals surface area contributed by atoms with Gasteiger partial charge < -0.3 is 14.4 Å². The minimum absolute atomic E-state index is 0.220. The van der Waals surface area contributed by atoms with E-state index in [-0.39, 0.29) is 11.7 Å². The molecule has 0 saturated carbocycles. The van der Waals surface area contributed by atoms with E-state index in [1.165, 1.54) is 17.9 Å². The first kappa shape index (κ1) is 17.8. The van der Waals surface area contributed by atoms with Gasteiger partial charge in [0.2, 0.25) is 11.5 Å². The molecule has 1 aliphatic heterocycles. The highest BCUT2D eigenvalue weighted by Crippen LogP contribution is 2.43. The summed E-state index contributed by atoms with van der Waals surface area (Å²) in [6.45, 7) is 6.33.